The molecule has 5 nitrogen and oxygen atoms in total. The summed E-state index contributed by atoms with van der Waals surface area (Å²) in [7, 11) is -2.30. The average Bonchev–Trinajstić information content (AvgIpc) is 2.33. The van der Waals surface area contributed by atoms with Gasteiger partial charge >= 0.3 is 0 Å². The Morgan fingerprint density at radius 1 is 1.35 bits per heavy atom. The van der Waals surface area contributed by atoms with Crippen molar-refractivity contribution in [3.63, 3.8) is 0 Å². The number of hydrogen-bond donors (Lipinski definition) is 2. The minimum absolute atomic E-state index is 0.0902. The summed E-state index contributed by atoms with van der Waals surface area (Å²) in [5.41, 5.74) is 5.19. The van der Waals surface area contributed by atoms with Crippen LogP contribution in [0.15, 0.2) is 17.0 Å². The van der Waals surface area contributed by atoms with Crippen molar-refractivity contribution in [1.29, 1.82) is 0 Å². The Kier molecular flexibility index (Phi) is 5.43. The van der Waals surface area contributed by atoms with Crippen molar-refractivity contribution >= 4 is 15.7 Å². The summed E-state index contributed by atoms with van der Waals surface area (Å²) in [6.45, 7) is 4.46. The first-order valence-corrected chi connectivity index (χ1v) is 7.58. The summed E-state index contributed by atoms with van der Waals surface area (Å²) >= 11 is 0. The van der Waals surface area contributed by atoms with Gasteiger partial charge in [0.05, 0.1) is 0 Å². The molecule has 114 valence electrons. The van der Waals surface area contributed by atoms with Crippen LogP contribution in [0.4, 0.5) is 14.5 Å². The Bertz CT molecular complexity index is 576. The van der Waals surface area contributed by atoms with Gasteiger partial charge in [-0.3, -0.25) is 0 Å². The van der Waals surface area contributed by atoms with E-state index in [1.807, 2.05) is 25.8 Å². The number of sulfonamides is 1. The fraction of sp³-hybridized carbons (Fsp3) is 0.500. The zero-order chi connectivity index (χ0) is 15.5. The molecular formula is C12H19F2N3O2S. The second kappa shape index (κ2) is 6.47. The average molecular weight is 307 g/mol. The van der Waals surface area contributed by atoms with Gasteiger partial charge in [0.1, 0.15) is 4.90 Å². The van der Waals surface area contributed by atoms with Gasteiger partial charge in [0, 0.05) is 24.8 Å². The lowest BCUT2D eigenvalue weighted by atomic mass is 10.3. The molecule has 0 aliphatic rings. The van der Waals surface area contributed by atoms with Crippen LogP contribution in [0, 0.1) is 11.6 Å². The minimum Gasteiger partial charge on any atom is -0.399 e. The molecule has 1 aromatic rings. The number of benzene rings is 1. The van der Waals surface area contributed by atoms with Crippen molar-refractivity contribution in [1.82, 2.24) is 9.62 Å². The summed E-state index contributed by atoms with van der Waals surface area (Å²) in [5, 5.41) is 0. The van der Waals surface area contributed by atoms with Crippen LogP contribution in [0.5, 0.6) is 0 Å². The second-order valence-corrected chi connectivity index (χ2v) is 6.52. The van der Waals surface area contributed by atoms with Crippen LogP contribution in [0.2, 0.25) is 0 Å². The van der Waals surface area contributed by atoms with Crippen LogP contribution in [0.25, 0.3) is 0 Å². The van der Waals surface area contributed by atoms with Crippen LogP contribution in [0.1, 0.15) is 13.8 Å². The van der Waals surface area contributed by atoms with Gasteiger partial charge in [0.15, 0.2) is 11.6 Å². The smallest absolute Gasteiger partial charge is 0.243 e. The maximum atomic E-state index is 13.5. The van der Waals surface area contributed by atoms with E-state index in [4.69, 9.17) is 5.73 Å². The predicted octanol–water partition coefficient (Wildman–Crippen LogP) is 1.17. The number of nitrogens with two attached hydrogens (primary N) is 1. The predicted molar refractivity (Wildman–Crippen MR) is 73.7 cm³/mol. The zero-order valence-corrected chi connectivity index (χ0v) is 12.5. The van der Waals surface area contributed by atoms with Crippen molar-refractivity contribution < 1.29 is 17.2 Å². The summed E-state index contributed by atoms with van der Waals surface area (Å²) < 4.78 is 52.8. The Morgan fingerprint density at radius 3 is 2.50 bits per heavy atom. The summed E-state index contributed by atoms with van der Waals surface area (Å²) in [6, 6.07) is 1.88. The van der Waals surface area contributed by atoms with Gasteiger partial charge in [0.25, 0.3) is 0 Å². The highest BCUT2D eigenvalue weighted by molar-refractivity contribution is 7.89. The molecule has 3 N–H and O–H groups in total. The third-order valence-electron chi connectivity index (χ3n) is 2.94. The molecular weight excluding hydrogens is 288 g/mol. The monoisotopic (exact) mass is 307 g/mol. The van der Waals surface area contributed by atoms with Gasteiger partial charge in [-0.05, 0) is 33.0 Å². The number of likely N-dealkylation sites (N-methyl/N-ethyl adjacent to an activating group) is 1. The lowest BCUT2D eigenvalue weighted by molar-refractivity contribution is 0.278. The van der Waals surface area contributed by atoms with Gasteiger partial charge in [-0.1, -0.05) is 0 Å². The van der Waals surface area contributed by atoms with E-state index >= 15 is 0 Å². The van der Waals surface area contributed by atoms with Crippen molar-refractivity contribution in [2.24, 2.45) is 0 Å². The molecule has 8 heteroatoms. The van der Waals surface area contributed by atoms with Crippen molar-refractivity contribution in [3.8, 4) is 0 Å². The van der Waals surface area contributed by atoms with Gasteiger partial charge in [-0.15, -0.1) is 0 Å². The molecule has 0 saturated carbocycles. The van der Waals surface area contributed by atoms with E-state index in [0.717, 1.165) is 12.1 Å². The molecule has 0 heterocycles. The highest BCUT2D eigenvalue weighted by atomic mass is 32.2. The standard InChI is InChI=1S/C12H19F2N3O2S/c1-8(2)17(3)5-4-16-20(18,19)11-7-9(15)6-10(13)12(11)14/h6-8,16H,4-5,15H2,1-3H3. The van der Waals surface area contributed by atoms with Crippen molar-refractivity contribution in [2.75, 3.05) is 25.9 Å². The number of nitrogen functional groups attached to an aromatic ring is 1. The summed E-state index contributed by atoms with van der Waals surface area (Å²) in [5.74, 6) is -2.71. The third kappa shape index (κ3) is 4.12. The molecule has 0 aliphatic carbocycles. The minimum atomic E-state index is -4.13. The summed E-state index contributed by atoms with van der Waals surface area (Å²) in [4.78, 5) is 1.14. The molecule has 0 aromatic heterocycles. The van der Waals surface area contributed by atoms with E-state index in [9.17, 15) is 17.2 Å². The van der Waals surface area contributed by atoms with Gasteiger partial charge < -0.3 is 10.6 Å². The molecule has 20 heavy (non-hydrogen) atoms. The van der Waals surface area contributed by atoms with Crippen LogP contribution in [-0.4, -0.2) is 39.5 Å². The van der Waals surface area contributed by atoms with E-state index in [1.165, 1.54) is 0 Å². The quantitative estimate of drug-likeness (QED) is 0.774. The van der Waals surface area contributed by atoms with Crippen LogP contribution >= 0.6 is 0 Å². The van der Waals surface area contributed by atoms with Crippen molar-refractivity contribution in [3.05, 3.63) is 23.8 Å². The van der Waals surface area contributed by atoms with Crippen molar-refractivity contribution in [2.45, 2.75) is 24.8 Å². The third-order valence-corrected chi connectivity index (χ3v) is 4.41. The Hall–Kier alpha value is -1.25. The molecule has 0 radical (unpaired) electrons. The number of hydrogen-bond acceptors (Lipinski definition) is 4. The highest BCUT2D eigenvalue weighted by Crippen LogP contribution is 2.20. The number of halogens is 2. The fourth-order valence-corrected chi connectivity index (χ4v) is 2.61. The molecule has 0 atom stereocenters. The van der Waals surface area contributed by atoms with E-state index in [-0.39, 0.29) is 18.3 Å². The lowest BCUT2D eigenvalue weighted by Gasteiger charge is -2.20. The van der Waals surface area contributed by atoms with Gasteiger partial charge in [-0.2, -0.15) is 0 Å². The summed E-state index contributed by atoms with van der Waals surface area (Å²) in [6.07, 6.45) is 0. The zero-order valence-electron chi connectivity index (χ0n) is 11.7. The molecule has 0 spiro atoms. The first kappa shape index (κ1) is 16.8. The Morgan fingerprint density at radius 2 is 1.95 bits per heavy atom. The normalized spacial score (nSPS) is 12.3. The highest BCUT2D eigenvalue weighted by Gasteiger charge is 2.22. The first-order valence-electron chi connectivity index (χ1n) is 6.09. The topological polar surface area (TPSA) is 75.4 Å². The molecule has 0 fully saturated rings. The number of anilines is 1. The molecule has 0 bridgehead atoms. The first-order chi connectivity index (χ1) is 9.15. The van der Waals surface area contributed by atoms with Gasteiger partial charge in [-0.25, -0.2) is 21.9 Å². The number of nitrogens with one attached hydrogen (secondary N) is 1. The van der Waals surface area contributed by atoms with Gasteiger partial charge in [0.2, 0.25) is 10.0 Å². The Labute approximate surface area is 117 Å². The molecule has 0 unspecified atom stereocenters. The molecule has 0 aliphatic heterocycles. The van der Waals surface area contributed by atoms with Crippen LogP contribution in [-0.2, 0) is 10.0 Å². The SMILES string of the molecule is CC(C)N(C)CCNS(=O)(=O)c1cc(N)cc(F)c1F. The fourth-order valence-electron chi connectivity index (χ4n) is 1.47. The van der Waals surface area contributed by atoms with E-state index in [1.54, 1.807) is 0 Å². The van der Waals surface area contributed by atoms with Crippen LogP contribution < -0.4 is 10.5 Å². The van der Waals surface area contributed by atoms with E-state index in [2.05, 4.69) is 4.72 Å². The molecule has 1 rings (SSSR count). The molecule has 1 aromatic carbocycles. The Balaban J connectivity index is 2.85. The lowest BCUT2D eigenvalue weighted by Crippen LogP contribution is -2.36. The number of nitrogens with zero attached hydrogens (tertiary/aromatic N) is 1. The maximum absolute atomic E-state index is 13.5. The maximum Gasteiger partial charge on any atom is 0.243 e. The molecule has 0 amide bonds. The van der Waals surface area contributed by atoms with E-state index < -0.39 is 26.6 Å². The van der Waals surface area contributed by atoms with Crippen LogP contribution in [0.3, 0.4) is 0 Å². The molecule has 0 saturated heterocycles. The number of rotatable bonds is 6. The largest absolute Gasteiger partial charge is 0.399 e. The second-order valence-electron chi connectivity index (χ2n) is 4.79. The van der Waals surface area contributed by atoms with E-state index in [0.29, 0.717) is 6.54 Å².